The second kappa shape index (κ2) is 9.75. The number of pyridine rings is 1. The van der Waals surface area contributed by atoms with Crippen molar-refractivity contribution in [2.24, 2.45) is 0 Å². The Hall–Kier alpha value is -5.51. The van der Waals surface area contributed by atoms with Gasteiger partial charge >= 0.3 is 0 Å². The number of thiophene rings is 1. The van der Waals surface area contributed by atoms with Gasteiger partial charge in [0.2, 0.25) is 0 Å². The van der Waals surface area contributed by atoms with Gasteiger partial charge in [-0.2, -0.15) is 0 Å². The average Bonchev–Trinajstić information content (AvgIpc) is 3.72. The lowest BCUT2D eigenvalue weighted by Crippen LogP contribution is -2.15. The number of rotatable bonds is 3. The maximum Gasteiger partial charge on any atom is 0.138 e. The zero-order valence-electron chi connectivity index (χ0n) is 26.2. The third kappa shape index (κ3) is 3.87. The van der Waals surface area contributed by atoms with Crippen molar-refractivity contribution in [3.05, 3.63) is 157 Å². The summed E-state index contributed by atoms with van der Waals surface area (Å²) >= 11 is 1.90. The lowest BCUT2D eigenvalue weighted by molar-refractivity contribution is 0.662. The van der Waals surface area contributed by atoms with E-state index in [0.29, 0.717) is 0 Å². The first-order valence-electron chi connectivity index (χ1n) is 16.2. The topological polar surface area (TPSA) is 17.8 Å². The second-order valence-electron chi connectivity index (χ2n) is 13.2. The van der Waals surface area contributed by atoms with Crippen LogP contribution in [-0.4, -0.2) is 9.55 Å². The molecule has 10 rings (SSSR count). The Morgan fingerprint density at radius 1 is 0.489 bits per heavy atom. The standard InChI is InChI=1S/C44H30N2S/c1-44(2)36-25-40-34(23-32(36)33-24-35-31-18-10-12-20-41(31)47-42(35)26-37(33)44)30-17-9-11-19-39(30)46(40)43-22-29(27-13-5-3-6-14-27)21-38(45-43)28-15-7-4-8-16-28/h3-26H,1-2H3. The minimum absolute atomic E-state index is 0.140. The molecule has 0 N–H and O–H groups in total. The van der Waals surface area contributed by atoms with E-state index in [1.165, 1.54) is 69.8 Å². The molecule has 1 aliphatic rings. The summed E-state index contributed by atoms with van der Waals surface area (Å²) < 4.78 is 5.10. The van der Waals surface area contributed by atoms with Crippen LogP contribution in [-0.2, 0) is 5.41 Å². The van der Waals surface area contributed by atoms with E-state index in [-0.39, 0.29) is 5.41 Å². The molecule has 0 radical (unpaired) electrons. The first kappa shape index (κ1) is 26.7. The molecule has 0 atom stereocenters. The minimum Gasteiger partial charge on any atom is -0.294 e. The Balaban J connectivity index is 1.27. The quantitative estimate of drug-likeness (QED) is 0.193. The van der Waals surface area contributed by atoms with Gasteiger partial charge < -0.3 is 0 Å². The van der Waals surface area contributed by atoms with Crippen molar-refractivity contribution in [1.82, 2.24) is 9.55 Å². The van der Waals surface area contributed by atoms with Crippen molar-refractivity contribution < 1.29 is 0 Å². The summed E-state index contributed by atoms with van der Waals surface area (Å²) in [6.07, 6.45) is 0. The number of benzene rings is 6. The molecular formula is C44H30N2S. The normalized spacial score (nSPS) is 13.5. The summed E-state index contributed by atoms with van der Waals surface area (Å²) in [6, 6.07) is 53.1. The van der Waals surface area contributed by atoms with E-state index in [1.807, 2.05) is 11.3 Å². The zero-order valence-corrected chi connectivity index (χ0v) is 27.0. The van der Waals surface area contributed by atoms with Crippen LogP contribution in [0, 0.1) is 0 Å². The molecule has 1 aliphatic carbocycles. The van der Waals surface area contributed by atoms with Crippen LogP contribution >= 0.6 is 11.3 Å². The van der Waals surface area contributed by atoms with Gasteiger partial charge in [0, 0.05) is 41.9 Å². The van der Waals surface area contributed by atoms with Crippen molar-refractivity contribution in [2.75, 3.05) is 0 Å². The van der Waals surface area contributed by atoms with Gasteiger partial charge in [0.15, 0.2) is 0 Å². The largest absolute Gasteiger partial charge is 0.294 e. The fourth-order valence-corrected chi connectivity index (χ4v) is 8.97. The molecule has 2 nitrogen and oxygen atoms in total. The summed E-state index contributed by atoms with van der Waals surface area (Å²) in [7, 11) is 0. The minimum atomic E-state index is -0.140. The molecule has 3 aromatic heterocycles. The summed E-state index contributed by atoms with van der Waals surface area (Å²) in [5, 5.41) is 5.20. The molecule has 3 heteroatoms. The third-order valence-electron chi connectivity index (χ3n) is 10.2. The van der Waals surface area contributed by atoms with Crippen LogP contribution in [0.25, 0.3) is 81.3 Å². The Morgan fingerprint density at radius 3 is 1.91 bits per heavy atom. The van der Waals surface area contributed by atoms with E-state index in [2.05, 4.69) is 164 Å². The van der Waals surface area contributed by atoms with Gasteiger partial charge in [-0.1, -0.05) is 111 Å². The van der Waals surface area contributed by atoms with Crippen LogP contribution in [0.5, 0.6) is 0 Å². The molecule has 0 aliphatic heterocycles. The van der Waals surface area contributed by atoms with Gasteiger partial charge in [0.25, 0.3) is 0 Å². The van der Waals surface area contributed by atoms with Gasteiger partial charge in [0.05, 0.1) is 16.7 Å². The highest BCUT2D eigenvalue weighted by Gasteiger charge is 2.37. The summed E-state index contributed by atoms with van der Waals surface area (Å²) in [6.45, 7) is 4.77. The lowest BCUT2D eigenvalue weighted by Gasteiger charge is -2.22. The molecule has 47 heavy (non-hydrogen) atoms. The summed E-state index contributed by atoms with van der Waals surface area (Å²) in [5.41, 5.74) is 12.1. The Morgan fingerprint density at radius 2 is 1.13 bits per heavy atom. The molecule has 222 valence electrons. The highest BCUT2D eigenvalue weighted by atomic mass is 32.1. The van der Waals surface area contributed by atoms with Crippen LogP contribution < -0.4 is 0 Å². The van der Waals surface area contributed by atoms with Crippen molar-refractivity contribution in [1.29, 1.82) is 0 Å². The van der Waals surface area contributed by atoms with E-state index in [0.717, 1.165) is 22.6 Å². The Bertz CT molecular complexity index is 2640. The third-order valence-corrected chi connectivity index (χ3v) is 11.3. The fraction of sp³-hybridized carbons (Fsp3) is 0.0682. The zero-order chi connectivity index (χ0) is 31.3. The van der Waals surface area contributed by atoms with Crippen molar-refractivity contribution in [3.8, 4) is 39.3 Å². The van der Waals surface area contributed by atoms with Crippen LogP contribution in [0.1, 0.15) is 25.0 Å². The van der Waals surface area contributed by atoms with E-state index < -0.39 is 0 Å². The maximum atomic E-state index is 5.36. The first-order chi connectivity index (χ1) is 23.0. The Labute approximate surface area is 277 Å². The van der Waals surface area contributed by atoms with Crippen molar-refractivity contribution >= 4 is 53.3 Å². The predicted molar refractivity (Wildman–Crippen MR) is 200 cm³/mol. The van der Waals surface area contributed by atoms with Crippen LogP contribution in [0.4, 0.5) is 0 Å². The molecule has 0 unspecified atom stereocenters. The molecule has 0 spiro atoms. The van der Waals surface area contributed by atoms with Crippen LogP contribution in [0.2, 0.25) is 0 Å². The number of hydrogen-bond donors (Lipinski definition) is 0. The number of hydrogen-bond acceptors (Lipinski definition) is 2. The highest BCUT2D eigenvalue weighted by Crippen LogP contribution is 2.53. The number of para-hydroxylation sites is 1. The van der Waals surface area contributed by atoms with Gasteiger partial charge in [0.1, 0.15) is 5.82 Å². The summed E-state index contributed by atoms with van der Waals surface area (Å²) in [5.74, 6) is 0.927. The van der Waals surface area contributed by atoms with Gasteiger partial charge in [-0.3, -0.25) is 4.57 Å². The molecule has 0 bridgehead atoms. The molecular weight excluding hydrogens is 589 g/mol. The van der Waals surface area contributed by atoms with Crippen molar-refractivity contribution in [2.45, 2.75) is 19.3 Å². The molecule has 0 saturated carbocycles. The average molecular weight is 619 g/mol. The molecule has 0 saturated heterocycles. The van der Waals surface area contributed by atoms with Crippen LogP contribution in [0.15, 0.2) is 146 Å². The number of aromatic nitrogens is 2. The number of fused-ring (bicyclic) bond motifs is 9. The smallest absolute Gasteiger partial charge is 0.138 e. The predicted octanol–water partition coefficient (Wildman–Crippen LogP) is 12.2. The second-order valence-corrected chi connectivity index (χ2v) is 14.3. The van der Waals surface area contributed by atoms with Gasteiger partial charge in [-0.05, 0) is 81.9 Å². The molecule has 6 aromatic carbocycles. The van der Waals surface area contributed by atoms with E-state index in [1.54, 1.807) is 0 Å². The van der Waals surface area contributed by atoms with E-state index in [9.17, 15) is 0 Å². The first-order valence-corrected chi connectivity index (χ1v) is 17.0. The van der Waals surface area contributed by atoms with Crippen LogP contribution in [0.3, 0.4) is 0 Å². The van der Waals surface area contributed by atoms with Gasteiger partial charge in [-0.15, -0.1) is 11.3 Å². The maximum absolute atomic E-state index is 5.36. The van der Waals surface area contributed by atoms with E-state index >= 15 is 0 Å². The lowest BCUT2D eigenvalue weighted by atomic mass is 9.82. The SMILES string of the molecule is CC1(C)c2cc3sc4ccccc4c3cc2-c2cc3c4ccccc4n(-c4cc(-c5ccccc5)cc(-c5ccccc5)n4)c3cc21. The molecule has 3 heterocycles. The van der Waals surface area contributed by atoms with Gasteiger partial charge in [-0.25, -0.2) is 4.98 Å². The highest BCUT2D eigenvalue weighted by molar-refractivity contribution is 7.25. The van der Waals surface area contributed by atoms with Crippen molar-refractivity contribution in [3.63, 3.8) is 0 Å². The molecule has 0 amide bonds. The summed E-state index contributed by atoms with van der Waals surface area (Å²) in [4.78, 5) is 5.36. The fourth-order valence-electron chi connectivity index (χ4n) is 7.84. The molecule has 9 aromatic rings. The Kier molecular flexibility index (Phi) is 5.53. The molecule has 0 fully saturated rings. The monoisotopic (exact) mass is 618 g/mol. The van der Waals surface area contributed by atoms with E-state index in [4.69, 9.17) is 4.98 Å². The number of nitrogens with zero attached hydrogens (tertiary/aromatic N) is 2.